The molecule has 33 heavy (non-hydrogen) atoms. The van der Waals surface area contributed by atoms with E-state index in [0.717, 1.165) is 11.3 Å². The Bertz CT molecular complexity index is 957. The summed E-state index contributed by atoms with van der Waals surface area (Å²) in [4.78, 5) is 16.5. The zero-order chi connectivity index (χ0) is 23.4. The van der Waals surface area contributed by atoms with Crippen LogP contribution in [0.1, 0.15) is 11.3 Å². The first-order valence-corrected chi connectivity index (χ1v) is 10.5. The molecule has 8 nitrogen and oxygen atoms in total. The van der Waals surface area contributed by atoms with Crippen molar-refractivity contribution in [3.63, 3.8) is 0 Å². The molecule has 0 bridgehead atoms. The summed E-state index contributed by atoms with van der Waals surface area (Å²) in [6, 6.07) is 8.45. The predicted octanol–water partition coefficient (Wildman–Crippen LogP) is 2.74. The fourth-order valence-corrected chi connectivity index (χ4v) is 3.84. The number of amides is 2. The maximum absolute atomic E-state index is 12.3. The number of carbonyl (C=O) groups excluding carboxylic acids is 1. The summed E-state index contributed by atoms with van der Waals surface area (Å²) in [7, 11) is 0. The van der Waals surface area contributed by atoms with Crippen molar-refractivity contribution < 1.29 is 36.9 Å². The lowest BCUT2D eigenvalue weighted by atomic mass is 10.1. The van der Waals surface area contributed by atoms with Crippen LogP contribution < -0.4 is 20.1 Å². The van der Waals surface area contributed by atoms with Gasteiger partial charge in [-0.15, -0.1) is 13.2 Å². The van der Waals surface area contributed by atoms with E-state index in [2.05, 4.69) is 20.4 Å². The van der Waals surface area contributed by atoms with Crippen molar-refractivity contribution >= 4 is 6.03 Å². The molecule has 2 amide bonds. The highest BCUT2D eigenvalue weighted by atomic mass is 19.4. The van der Waals surface area contributed by atoms with Gasteiger partial charge in [-0.25, -0.2) is 4.79 Å². The molecule has 2 aromatic rings. The highest BCUT2D eigenvalue weighted by Crippen LogP contribution is 2.30. The normalized spacial score (nSPS) is 24.2. The number of nitrogens with zero attached hydrogens (tertiary/aromatic N) is 1. The molecule has 1 aromatic carbocycles. The maximum Gasteiger partial charge on any atom is 0.573 e. The van der Waals surface area contributed by atoms with E-state index >= 15 is 0 Å². The van der Waals surface area contributed by atoms with E-state index in [1.807, 2.05) is 13.0 Å². The van der Waals surface area contributed by atoms with Crippen LogP contribution in [0.15, 0.2) is 42.6 Å². The number of ether oxygens (including phenoxy) is 4. The lowest BCUT2D eigenvalue weighted by molar-refractivity contribution is -0.274. The van der Waals surface area contributed by atoms with Gasteiger partial charge in [-0.05, 0) is 43.2 Å². The van der Waals surface area contributed by atoms with Crippen LogP contribution in [-0.4, -0.2) is 61.5 Å². The molecule has 3 heterocycles. The molecule has 2 saturated heterocycles. The summed E-state index contributed by atoms with van der Waals surface area (Å²) in [6.07, 6.45) is -3.50. The monoisotopic (exact) mass is 467 g/mol. The van der Waals surface area contributed by atoms with Crippen LogP contribution >= 0.6 is 0 Å². The van der Waals surface area contributed by atoms with Crippen LogP contribution in [-0.2, 0) is 15.9 Å². The van der Waals surface area contributed by atoms with Crippen LogP contribution in [0.5, 0.6) is 11.5 Å². The molecular weight excluding hydrogens is 443 g/mol. The minimum Gasteiger partial charge on any atom is -0.483 e. The Morgan fingerprint density at radius 1 is 1.15 bits per heavy atom. The maximum atomic E-state index is 12.3. The Morgan fingerprint density at radius 3 is 2.64 bits per heavy atom. The molecule has 0 aliphatic carbocycles. The number of fused-ring (bicyclic) bond motifs is 1. The van der Waals surface area contributed by atoms with Crippen LogP contribution in [0.4, 0.5) is 18.0 Å². The van der Waals surface area contributed by atoms with Crippen molar-refractivity contribution in [2.24, 2.45) is 0 Å². The van der Waals surface area contributed by atoms with Crippen molar-refractivity contribution in [3.8, 4) is 11.5 Å². The molecule has 0 radical (unpaired) electrons. The summed E-state index contributed by atoms with van der Waals surface area (Å²) >= 11 is 0. The third-order valence-electron chi connectivity index (χ3n) is 5.42. The van der Waals surface area contributed by atoms with E-state index in [1.165, 1.54) is 24.3 Å². The second-order valence-electron chi connectivity index (χ2n) is 7.79. The molecule has 11 heteroatoms. The van der Waals surface area contributed by atoms with Crippen LogP contribution in [0, 0.1) is 6.92 Å². The first-order valence-electron chi connectivity index (χ1n) is 10.5. The Morgan fingerprint density at radius 2 is 1.91 bits per heavy atom. The number of halogens is 3. The van der Waals surface area contributed by atoms with Gasteiger partial charge in [-0.3, -0.25) is 4.98 Å². The smallest absolute Gasteiger partial charge is 0.483 e. The quantitative estimate of drug-likeness (QED) is 0.651. The molecule has 1 aromatic heterocycles. The number of pyridine rings is 1. The fourth-order valence-electron chi connectivity index (χ4n) is 3.84. The van der Waals surface area contributed by atoms with Crippen LogP contribution in [0.3, 0.4) is 0 Å². The topological polar surface area (TPSA) is 90.9 Å². The minimum atomic E-state index is -4.73. The van der Waals surface area contributed by atoms with Crippen molar-refractivity contribution in [3.05, 3.63) is 53.9 Å². The number of urea groups is 1. The summed E-state index contributed by atoms with van der Waals surface area (Å²) in [5.74, 6) is 0.382. The number of hydrogen-bond acceptors (Lipinski definition) is 6. The number of alkyl halides is 3. The molecule has 2 aliphatic heterocycles. The Balaban J connectivity index is 1.20. The molecular formula is C22H24F3N3O5. The lowest BCUT2D eigenvalue weighted by Crippen LogP contribution is -2.48. The number of aromatic nitrogens is 1. The van der Waals surface area contributed by atoms with Gasteiger partial charge >= 0.3 is 12.4 Å². The summed E-state index contributed by atoms with van der Waals surface area (Å²) in [5.41, 5.74) is 1.54. The van der Waals surface area contributed by atoms with E-state index in [1.54, 1.807) is 12.3 Å². The first-order chi connectivity index (χ1) is 15.8. The highest BCUT2D eigenvalue weighted by Gasteiger charge is 2.49. The van der Waals surface area contributed by atoms with E-state index in [-0.39, 0.29) is 36.1 Å². The lowest BCUT2D eigenvalue weighted by Gasteiger charge is -2.19. The summed E-state index contributed by atoms with van der Waals surface area (Å²) < 4.78 is 58.1. The SMILES string of the molecule is Cc1ncccc1O[C@H]1CO[C@@H]2[C@@H]1OC[C@@H]2NC(=O)NCCc1ccc(OC(F)(F)F)cc1. The number of aryl methyl sites for hydroxylation is 1. The number of benzene rings is 1. The summed E-state index contributed by atoms with van der Waals surface area (Å²) in [5, 5.41) is 5.59. The third kappa shape index (κ3) is 6.05. The van der Waals surface area contributed by atoms with Crippen molar-refractivity contribution in [1.82, 2.24) is 15.6 Å². The second-order valence-corrected chi connectivity index (χ2v) is 7.79. The molecule has 178 valence electrons. The Kier molecular flexibility index (Phi) is 6.89. The molecule has 4 atom stereocenters. The Hall–Kier alpha value is -3.05. The highest BCUT2D eigenvalue weighted by molar-refractivity contribution is 5.74. The molecule has 2 N–H and O–H groups in total. The van der Waals surface area contributed by atoms with Crippen LogP contribution in [0.2, 0.25) is 0 Å². The van der Waals surface area contributed by atoms with E-state index in [4.69, 9.17) is 14.2 Å². The summed E-state index contributed by atoms with van der Waals surface area (Å²) in [6.45, 7) is 2.81. The average Bonchev–Trinajstić information content (AvgIpc) is 3.33. The molecule has 2 aliphatic rings. The van der Waals surface area contributed by atoms with Crippen molar-refractivity contribution in [2.45, 2.75) is 44.1 Å². The van der Waals surface area contributed by atoms with Gasteiger partial charge in [0.2, 0.25) is 0 Å². The number of nitrogens with one attached hydrogen (secondary N) is 2. The van der Waals surface area contributed by atoms with E-state index in [9.17, 15) is 18.0 Å². The van der Waals surface area contributed by atoms with Gasteiger partial charge in [0.05, 0.1) is 24.9 Å². The van der Waals surface area contributed by atoms with Gasteiger partial charge in [0.25, 0.3) is 0 Å². The first kappa shape index (κ1) is 23.1. The van der Waals surface area contributed by atoms with Gasteiger partial charge in [0, 0.05) is 12.7 Å². The fraction of sp³-hybridized carbons (Fsp3) is 0.455. The van der Waals surface area contributed by atoms with E-state index < -0.39 is 6.36 Å². The van der Waals surface area contributed by atoms with Gasteiger partial charge in [0.15, 0.2) is 6.10 Å². The van der Waals surface area contributed by atoms with Crippen LogP contribution in [0.25, 0.3) is 0 Å². The van der Waals surface area contributed by atoms with E-state index in [0.29, 0.717) is 31.9 Å². The minimum absolute atomic E-state index is 0.287. The molecule has 0 saturated carbocycles. The number of hydrogen-bond donors (Lipinski definition) is 2. The molecule has 2 fully saturated rings. The number of carbonyl (C=O) groups is 1. The van der Waals surface area contributed by atoms with Gasteiger partial charge in [-0.2, -0.15) is 0 Å². The predicted molar refractivity (Wildman–Crippen MR) is 110 cm³/mol. The zero-order valence-electron chi connectivity index (χ0n) is 17.8. The standard InChI is InChI=1S/C22H24F3N3O5/c1-13-17(3-2-9-26-13)32-18-12-31-19-16(11-30-20(18)19)28-21(29)27-10-8-14-4-6-15(7-5-14)33-22(23,24)25/h2-7,9,16,18-20H,8,10-12H2,1H3,(H2,27,28,29)/t16-,18-,19-,20+/m0/s1. The molecule has 4 rings (SSSR count). The van der Waals surface area contributed by atoms with Crippen molar-refractivity contribution in [2.75, 3.05) is 19.8 Å². The second kappa shape index (κ2) is 9.84. The van der Waals surface area contributed by atoms with Crippen molar-refractivity contribution in [1.29, 1.82) is 0 Å². The molecule has 0 unspecified atom stereocenters. The molecule has 0 spiro atoms. The number of rotatable bonds is 7. The zero-order valence-corrected chi connectivity index (χ0v) is 17.8. The largest absolute Gasteiger partial charge is 0.573 e. The van der Waals surface area contributed by atoms with Gasteiger partial charge in [-0.1, -0.05) is 12.1 Å². The van der Waals surface area contributed by atoms with Gasteiger partial charge < -0.3 is 29.6 Å². The Labute approximate surface area is 188 Å². The third-order valence-corrected chi connectivity index (χ3v) is 5.42. The average molecular weight is 467 g/mol. The van der Waals surface area contributed by atoms with Gasteiger partial charge in [0.1, 0.15) is 23.7 Å².